The van der Waals surface area contributed by atoms with Crippen LogP contribution in [0, 0.1) is 0 Å². The van der Waals surface area contributed by atoms with E-state index in [2.05, 4.69) is 25.3 Å². The summed E-state index contributed by atoms with van der Waals surface area (Å²) in [5.74, 6) is 0.705. The summed E-state index contributed by atoms with van der Waals surface area (Å²) in [5, 5.41) is 12.7. The van der Waals surface area contributed by atoms with E-state index < -0.39 is 10.1 Å². The number of phenolic OH excluding ortho intramolecular Hbond substituents is 1. The quantitative estimate of drug-likeness (QED) is 0.546. The molecule has 3 rings (SSSR count). The number of anilines is 1. The summed E-state index contributed by atoms with van der Waals surface area (Å²) in [6.45, 7) is 0.333. The van der Waals surface area contributed by atoms with Gasteiger partial charge in [-0.3, -0.25) is 0 Å². The highest BCUT2D eigenvalue weighted by Crippen LogP contribution is 2.27. The third-order valence-electron chi connectivity index (χ3n) is 3.20. The van der Waals surface area contributed by atoms with Crippen molar-refractivity contribution in [3.8, 4) is 17.5 Å². The number of aromatic nitrogens is 4. The largest absolute Gasteiger partial charge is 0.504 e. The Kier molecular flexibility index (Phi) is 4.31. The fraction of sp³-hybridized carbons (Fsp3) is 0.214. The monoisotopic (exact) mass is 365 g/mol. The minimum atomic E-state index is -3.76. The molecule has 132 valence electrons. The van der Waals surface area contributed by atoms with Gasteiger partial charge in [0.2, 0.25) is 0 Å². The topological polar surface area (TPSA) is 139 Å². The average molecular weight is 365 g/mol. The highest BCUT2D eigenvalue weighted by molar-refractivity contribution is 7.86. The number of methoxy groups -OCH3 is 1. The number of fused-ring (bicyclic) bond motifs is 1. The summed E-state index contributed by atoms with van der Waals surface area (Å²) < 4.78 is 32.3. The van der Waals surface area contributed by atoms with Crippen LogP contribution in [-0.4, -0.2) is 46.8 Å². The molecule has 0 aliphatic rings. The molecule has 2 aromatic heterocycles. The zero-order chi connectivity index (χ0) is 18.0. The number of benzene rings is 1. The van der Waals surface area contributed by atoms with Crippen LogP contribution in [0.25, 0.3) is 11.2 Å². The Morgan fingerprint density at radius 2 is 2.12 bits per heavy atom. The standard InChI is InChI=1S/C14H15N5O5S/c1-23-10-5-8(3-4-9(10)20)6-15-12-11-13(17-7-16-11)19-14(18-12)24-25(2,21)22/h3-5,7,20H,6H2,1-2H3,(H2,15,16,17,18,19). The molecule has 0 aliphatic heterocycles. The Bertz CT molecular complexity index is 1020. The van der Waals surface area contributed by atoms with Crippen molar-refractivity contribution in [2.24, 2.45) is 0 Å². The molecule has 0 spiro atoms. The van der Waals surface area contributed by atoms with Gasteiger partial charge in [0.25, 0.3) is 0 Å². The second-order valence-electron chi connectivity index (χ2n) is 5.10. The van der Waals surface area contributed by atoms with Crippen LogP contribution in [-0.2, 0) is 16.7 Å². The number of nitrogens with one attached hydrogen (secondary N) is 2. The summed E-state index contributed by atoms with van der Waals surface area (Å²) >= 11 is 0. The highest BCUT2D eigenvalue weighted by atomic mass is 32.2. The van der Waals surface area contributed by atoms with Crippen LogP contribution in [0.5, 0.6) is 17.5 Å². The first-order valence-electron chi connectivity index (χ1n) is 7.06. The van der Waals surface area contributed by atoms with E-state index in [0.29, 0.717) is 23.6 Å². The molecule has 0 radical (unpaired) electrons. The summed E-state index contributed by atoms with van der Waals surface area (Å²) in [5.41, 5.74) is 1.58. The number of nitrogens with zero attached hydrogens (tertiary/aromatic N) is 3. The molecule has 2 heterocycles. The number of hydrogen-bond acceptors (Lipinski definition) is 9. The van der Waals surface area contributed by atoms with Gasteiger partial charge in [-0.25, -0.2) is 4.98 Å². The molecule has 0 atom stereocenters. The summed E-state index contributed by atoms with van der Waals surface area (Å²) in [6, 6.07) is 4.57. The molecule has 0 saturated heterocycles. The molecule has 0 aliphatic carbocycles. The Labute approximate surface area is 143 Å². The lowest BCUT2D eigenvalue weighted by Crippen LogP contribution is -2.10. The zero-order valence-electron chi connectivity index (χ0n) is 13.3. The lowest BCUT2D eigenvalue weighted by molar-refractivity contribution is 0.373. The van der Waals surface area contributed by atoms with Gasteiger partial charge in [-0.2, -0.15) is 18.4 Å². The third kappa shape index (κ3) is 3.88. The maximum absolute atomic E-state index is 11.3. The summed E-state index contributed by atoms with van der Waals surface area (Å²) in [4.78, 5) is 14.9. The van der Waals surface area contributed by atoms with E-state index in [-0.39, 0.29) is 17.4 Å². The molecule has 0 amide bonds. The summed E-state index contributed by atoms with van der Waals surface area (Å²) in [6.07, 6.45) is 2.32. The number of aromatic hydroxyl groups is 1. The van der Waals surface area contributed by atoms with Gasteiger partial charge in [-0.05, 0) is 17.7 Å². The van der Waals surface area contributed by atoms with E-state index in [1.165, 1.54) is 19.5 Å². The second kappa shape index (κ2) is 6.43. The van der Waals surface area contributed by atoms with Gasteiger partial charge < -0.3 is 24.3 Å². The number of hydrogen-bond donors (Lipinski definition) is 3. The molecule has 0 bridgehead atoms. The smallest absolute Gasteiger partial charge is 0.337 e. The molecule has 3 aromatic rings. The van der Waals surface area contributed by atoms with Crippen LogP contribution < -0.4 is 14.2 Å². The molecular weight excluding hydrogens is 350 g/mol. The molecule has 0 saturated carbocycles. The number of phenols is 1. The molecule has 10 nitrogen and oxygen atoms in total. The van der Waals surface area contributed by atoms with Crippen LogP contribution in [0.4, 0.5) is 5.82 Å². The van der Waals surface area contributed by atoms with Gasteiger partial charge in [0.15, 0.2) is 23.0 Å². The maximum Gasteiger partial charge on any atom is 0.337 e. The molecule has 0 unspecified atom stereocenters. The average Bonchev–Trinajstić information content (AvgIpc) is 3.00. The number of aromatic amines is 1. The third-order valence-corrected chi connectivity index (χ3v) is 3.65. The first kappa shape index (κ1) is 16.8. The van der Waals surface area contributed by atoms with Crippen LogP contribution in [0.15, 0.2) is 24.5 Å². The van der Waals surface area contributed by atoms with E-state index in [1.54, 1.807) is 12.1 Å². The number of imidazole rings is 1. The SMILES string of the molecule is COc1cc(CNc2nc(OS(C)(=O)=O)nc3nc[nH]c23)ccc1O. The van der Waals surface area contributed by atoms with Crippen LogP contribution in [0.1, 0.15) is 5.56 Å². The maximum atomic E-state index is 11.3. The zero-order valence-corrected chi connectivity index (χ0v) is 14.2. The number of H-pyrrole nitrogens is 1. The van der Waals surface area contributed by atoms with Gasteiger partial charge in [0, 0.05) is 6.54 Å². The van der Waals surface area contributed by atoms with E-state index in [4.69, 9.17) is 8.92 Å². The minimum absolute atomic E-state index is 0.0353. The van der Waals surface area contributed by atoms with E-state index in [9.17, 15) is 13.5 Å². The molecule has 11 heteroatoms. The first-order valence-corrected chi connectivity index (χ1v) is 8.87. The Morgan fingerprint density at radius 1 is 1.32 bits per heavy atom. The van der Waals surface area contributed by atoms with Crippen molar-refractivity contribution in [2.45, 2.75) is 6.54 Å². The Balaban J connectivity index is 1.88. The summed E-state index contributed by atoms with van der Waals surface area (Å²) in [7, 11) is -2.30. The van der Waals surface area contributed by atoms with Crippen molar-refractivity contribution in [1.82, 2.24) is 19.9 Å². The van der Waals surface area contributed by atoms with Crippen LogP contribution in [0.3, 0.4) is 0 Å². The fourth-order valence-electron chi connectivity index (χ4n) is 2.13. The minimum Gasteiger partial charge on any atom is -0.504 e. The Hall–Kier alpha value is -3.08. The normalized spacial score (nSPS) is 11.4. The number of ether oxygens (including phenoxy) is 1. The lowest BCUT2D eigenvalue weighted by atomic mass is 10.2. The Morgan fingerprint density at radius 3 is 2.84 bits per heavy atom. The van der Waals surface area contributed by atoms with Crippen molar-refractivity contribution < 1.29 is 22.4 Å². The predicted molar refractivity (Wildman–Crippen MR) is 89.1 cm³/mol. The van der Waals surface area contributed by atoms with E-state index in [0.717, 1.165) is 11.8 Å². The van der Waals surface area contributed by atoms with Crippen LogP contribution in [0.2, 0.25) is 0 Å². The van der Waals surface area contributed by atoms with Gasteiger partial charge >= 0.3 is 16.1 Å². The molecule has 3 N–H and O–H groups in total. The van der Waals surface area contributed by atoms with Crippen molar-refractivity contribution in [3.05, 3.63) is 30.1 Å². The van der Waals surface area contributed by atoms with Gasteiger partial charge in [-0.1, -0.05) is 6.07 Å². The van der Waals surface area contributed by atoms with Crippen LogP contribution >= 0.6 is 0 Å². The van der Waals surface area contributed by atoms with E-state index >= 15 is 0 Å². The van der Waals surface area contributed by atoms with Gasteiger partial charge in [-0.15, -0.1) is 0 Å². The highest BCUT2D eigenvalue weighted by Gasteiger charge is 2.14. The second-order valence-corrected chi connectivity index (χ2v) is 6.68. The van der Waals surface area contributed by atoms with E-state index in [1.807, 2.05) is 0 Å². The molecule has 0 fully saturated rings. The van der Waals surface area contributed by atoms with Crippen molar-refractivity contribution in [3.63, 3.8) is 0 Å². The first-order chi connectivity index (χ1) is 11.9. The van der Waals surface area contributed by atoms with Crippen molar-refractivity contribution in [2.75, 3.05) is 18.7 Å². The lowest BCUT2D eigenvalue weighted by Gasteiger charge is -2.10. The molecule has 25 heavy (non-hydrogen) atoms. The fourth-order valence-corrected chi connectivity index (χ4v) is 2.48. The molecule has 1 aromatic carbocycles. The number of rotatable bonds is 6. The van der Waals surface area contributed by atoms with Crippen molar-refractivity contribution in [1.29, 1.82) is 0 Å². The van der Waals surface area contributed by atoms with Gasteiger partial charge in [0.05, 0.1) is 19.7 Å². The molecular formula is C14H15N5O5S. The van der Waals surface area contributed by atoms with Crippen molar-refractivity contribution >= 4 is 27.1 Å². The van der Waals surface area contributed by atoms with Gasteiger partial charge in [0.1, 0.15) is 5.52 Å². The predicted octanol–water partition coefficient (Wildman–Crippen LogP) is 1.02.